The van der Waals surface area contributed by atoms with Crippen LogP contribution < -0.4 is 0 Å². The monoisotopic (exact) mass is 489 g/mol. The van der Waals surface area contributed by atoms with Crippen LogP contribution in [0.2, 0.25) is 0 Å². The maximum Gasteiger partial charge on any atom is 0.309 e. The van der Waals surface area contributed by atoms with Gasteiger partial charge in [-0.25, -0.2) is 0 Å². The number of rotatable bonds is 4. The summed E-state index contributed by atoms with van der Waals surface area (Å²) in [6.07, 6.45) is 7.63. The molecule has 5 aliphatic carbocycles. The Morgan fingerprint density at radius 2 is 1.78 bits per heavy atom. The third-order valence-electron chi connectivity index (χ3n) is 11.4. The van der Waals surface area contributed by atoms with Crippen molar-refractivity contribution in [2.45, 2.75) is 72.8 Å². The van der Waals surface area contributed by atoms with E-state index in [4.69, 9.17) is 0 Å². The molecular formula is C31H39NO4. The highest BCUT2D eigenvalue weighted by molar-refractivity contribution is 6.06. The largest absolute Gasteiger partial charge is 0.481 e. The summed E-state index contributed by atoms with van der Waals surface area (Å²) in [5, 5.41) is 10.3. The van der Waals surface area contributed by atoms with Gasteiger partial charge in [-0.3, -0.25) is 19.3 Å². The fourth-order valence-corrected chi connectivity index (χ4v) is 9.94. The average Bonchev–Trinajstić information content (AvgIpc) is 3.11. The van der Waals surface area contributed by atoms with E-state index in [2.05, 4.69) is 26.8 Å². The van der Waals surface area contributed by atoms with Crippen LogP contribution >= 0.6 is 0 Å². The maximum absolute atomic E-state index is 14.2. The summed E-state index contributed by atoms with van der Waals surface area (Å²) in [5.74, 6) is -0.486. The first-order chi connectivity index (χ1) is 17.0. The van der Waals surface area contributed by atoms with Crippen molar-refractivity contribution in [1.29, 1.82) is 0 Å². The van der Waals surface area contributed by atoms with Crippen molar-refractivity contribution < 1.29 is 19.5 Å². The molecule has 7 rings (SSSR count). The molecule has 5 nitrogen and oxygen atoms in total. The molecule has 0 radical (unpaired) electrons. The van der Waals surface area contributed by atoms with Gasteiger partial charge < -0.3 is 5.11 Å². The lowest BCUT2D eigenvalue weighted by Gasteiger charge is -2.68. The van der Waals surface area contributed by atoms with Gasteiger partial charge in [-0.15, -0.1) is 0 Å². The zero-order valence-corrected chi connectivity index (χ0v) is 22.0. The number of aliphatic carboxylic acids is 1. The number of allylic oxidation sites excluding steroid dienone is 2. The van der Waals surface area contributed by atoms with E-state index >= 15 is 0 Å². The number of carboxylic acid groups (broad SMARTS) is 1. The van der Waals surface area contributed by atoms with Crippen molar-refractivity contribution in [3.05, 3.63) is 47.5 Å². The number of fused-ring (bicyclic) bond motifs is 1. The molecule has 1 saturated heterocycles. The SMILES string of the molecule is CC(C)C1=C[C@@]23CC[C@@H]4[C@](C)(CCC[C@@]4(C)C(=O)O)[C@@H]2C[C@@H]1[C@@H]1C(=O)N(Cc2ccccc2)C(=O)[C@@H]13. The van der Waals surface area contributed by atoms with Crippen LogP contribution in [0.5, 0.6) is 0 Å². The summed E-state index contributed by atoms with van der Waals surface area (Å²) < 4.78 is 0. The molecule has 0 unspecified atom stereocenters. The molecule has 192 valence electrons. The lowest BCUT2D eigenvalue weighted by Crippen LogP contribution is -2.65. The van der Waals surface area contributed by atoms with E-state index in [1.54, 1.807) is 4.90 Å². The first-order valence-corrected chi connectivity index (χ1v) is 13.9. The van der Waals surface area contributed by atoms with E-state index in [9.17, 15) is 19.5 Å². The smallest absolute Gasteiger partial charge is 0.309 e. The second kappa shape index (κ2) is 7.79. The average molecular weight is 490 g/mol. The lowest BCUT2D eigenvalue weighted by atomic mass is 9.34. The number of carbonyl (C=O) groups excluding carboxylic acids is 2. The van der Waals surface area contributed by atoms with Crippen LogP contribution in [0.1, 0.15) is 71.8 Å². The third kappa shape index (κ3) is 2.92. The second-order valence-electron chi connectivity index (χ2n) is 13.2. The van der Waals surface area contributed by atoms with Gasteiger partial charge in [-0.05, 0) is 73.7 Å². The fourth-order valence-electron chi connectivity index (χ4n) is 9.94. The number of imide groups is 1. The van der Waals surface area contributed by atoms with Gasteiger partial charge in [-0.2, -0.15) is 0 Å². The number of nitrogens with zero attached hydrogens (tertiary/aromatic N) is 1. The summed E-state index contributed by atoms with van der Waals surface area (Å²) in [7, 11) is 0. The van der Waals surface area contributed by atoms with Gasteiger partial charge in [0.2, 0.25) is 11.8 Å². The predicted octanol–water partition coefficient (Wildman–Crippen LogP) is 5.70. The van der Waals surface area contributed by atoms with E-state index in [1.165, 1.54) is 5.57 Å². The first kappa shape index (κ1) is 23.9. The Morgan fingerprint density at radius 3 is 2.44 bits per heavy atom. The van der Waals surface area contributed by atoms with Gasteiger partial charge in [0.15, 0.2) is 0 Å². The Labute approximate surface area is 214 Å². The normalized spacial score (nSPS) is 43.2. The molecule has 2 bridgehead atoms. The number of carbonyl (C=O) groups is 3. The lowest BCUT2D eigenvalue weighted by molar-refractivity contribution is -0.194. The third-order valence-corrected chi connectivity index (χ3v) is 11.4. The number of hydrogen-bond acceptors (Lipinski definition) is 3. The van der Waals surface area contributed by atoms with Crippen LogP contribution in [-0.4, -0.2) is 27.8 Å². The molecule has 5 heteroatoms. The highest BCUT2D eigenvalue weighted by atomic mass is 16.4. The van der Waals surface area contributed by atoms with E-state index in [0.717, 1.165) is 44.1 Å². The van der Waals surface area contributed by atoms with Crippen LogP contribution in [0.15, 0.2) is 42.0 Å². The van der Waals surface area contributed by atoms with Crippen molar-refractivity contribution in [3.8, 4) is 0 Å². The molecular weight excluding hydrogens is 450 g/mol. The molecule has 1 spiro atoms. The zero-order chi connectivity index (χ0) is 25.6. The molecule has 3 saturated carbocycles. The van der Waals surface area contributed by atoms with Crippen LogP contribution in [0.4, 0.5) is 0 Å². The molecule has 1 aliphatic heterocycles. The summed E-state index contributed by atoms with van der Waals surface area (Å²) in [5.41, 5.74) is 1.14. The highest BCUT2D eigenvalue weighted by Gasteiger charge is 2.73. The van der Waals surface area contributed by atoms with Crippen LogP contribution in [0.3, 0.4) is 0 Å². The quantitative estimate of drug-likeness (QED) is 0.435. The zero-order valence-electron chi connectivity index (χ0n) is 22.0. The Balaban J connectivity index is 1.45. The van der Waals surface area contributed by atoms with Crippen molar-refractivity contribution >= 4 is 17.8 Å². The summed E-state index contributed by atoms with van der Waals surface area (Å²) >= 11 is 0. The van der Waals surface area contributed by atoms with Gasteiger partial charge in [0.1, 0.15) is 0 Å². The Bertz CT molecular complexity index is 1160. The van der Waals surface area contributed by atoms with E-state index in [0.29, 0.717) is 12.5 Å². The van der Waals surface area contributed by atoms with Crippen molar-refractivity contribution in [3.63, 3.8) is 0 Å². The fraction of sp³-hybridized carbons (Fsp3) is 0.645. The minimum atomic E-state index is -0.718. The Morgan fingerprint density at radius 1 is 1.06 bits per heavy atom. The number of carboxylic acids is 1. The highest BCUT2D eigenvalue weighted by Crippen LogP contribution is 2.74. The Kier molecular flexibility index (Phi) is 5.18. The van der Waals surface area contributed by atoms with Crippen molar-refractivity contribution in [2.75, 3.05) is 0 Å². The van der Waals surface area contributed by atoms with Gasteiger partial charge in [0.05, 0.1) is 23.8 Å². The topological polar surface area (TPSA) is 74.7 Å². The summed E-state index contributed by atoms with van der Waals surface area (Å²) in [4.78, 5) is 42.2. The predicted molar refractivity (Wildman–Crippen MR) is 136 cm³/mol. The number of likely N-dealkylation sites (tertiary alicyclic amines) is 1. The molecule has 2 amide bonds. The number of amides is 2. The molecule has 0 aromatic heterocycles. The van der Waals surface area contributed by atoms with Crippen LogP contribution in [0, 0.1) is 51.8 Å². The summed E-state index contributed by atoms with van der Waals surface area (Å²) in [6, 6.07) is 9.82. The van der Waals surface area contributed by atoms with Gasteiger partial charge in [0.25, 0.3) is 0 Å². The number of benzene rings is 1. The molecule has 8 atom stereocenters. The van der Waals surface area contributed by atoms with E-state index in [-0.39, 0.29) is 52.2 Å². The Hall–Kier alpha value is -2.43. The van der Waals surface area contributed by atoms with Gasteiger partial charge in [-0.1, -0.05) is 69.2 Å². The van der Waals surface area contributed by atoms with E-state index in [1.807, 2.05) is 37.3 Å². The van der Waals surface area contributed by atoms with Crippen molar-refractivity contribution in [1.82, 2.24) is 4.90 Å². The molecule has 4 fully saturated rings. The summed E-state index contributed by atoms with van der Waals surface area (Å²) in [6.45, 7) is 9.05. The van der Waals surface area contributed by atoms with E-state index < -0.39 is 11.4 Å². The standard InChI is InChI=1S/C31H39NO4/c1-18(2)21-16-31-14-11-22-29(3,12-8-13-30(22,4)28(35)36)23(31)15-20(21)24-25(31)27(34)32(26(24)33)17-19-9-6-5-7-10-19/h5-7,9-10,16,18,20,22-25H,8,11-15,17H2,1-4H3,(H,35,36)/t20-,22+,23-,24-,25+,29-,30+,31-/m0/s1. The minimum Gasteiger partial charge on any atom is -0.481 e. The van der Waals surface area contributed by atoms with Gasteiger partial charge in [0, 0.05) is 5.41 Å². The second-order valence-corrected chi connectivity index (χ2v) is 13.2. The maximum atomic E-state index is 14.2. The van der Waals surface area contributed by atoms with Gasteiger partial charge >= 0.3 is 5.97 Å². The molecule has 1 aromatic carbocycles. The molecule has 1 N–H and O–H groups in total. The molecule has 1 aromatic rings. The van der Waals surface area contributed by atoms with Crippen LogP contribution in [0.25, 0.3) is 0 Å². The molecule has 6 aliphatic rings. The minimum absolute atomic E-state index is 0.00136. The van der Waals surface area contributed by atoms with Crippen molar-refractivity contribution in [2.24, 2.45) is 51.8 Å². The molecule has 1 heterocycles. The number of hydrogen-bond donors (Lipinski definition) is 1. The first-order valence-electron chi connectivity index (χ1n) is 13.9. The van der Waals surface area contributed by atoms with Crippen LogP contribution in [-0.2, 0) is 20.9 Å². The molecule has 36 heavy (non-hydrogen) atoms.